The maximum absolute atomic E-state index is 12.4. The highest BCUT2D eigenvalue weighted by atomic mass is 16.6. The molecule has 3 aromatic rings. The molecule has 0 aliphatic carbocycles. The predicted molar refractivity (Wildman–Crippen MR) is 88.3 cm³/mol. The van der Waals surface area contributed by atoms with Crippen molar-refractivity contribution in [2.75, 3.05) is 0 Å². The molecule has 0 aliphatic heterocycles. The second kappa shape index (κ2) is 5.50. The van der Waals surface area contributed by atoms with Crippen LogP contribution in [0.15, 0.2) is 42.7 Å². The molecule has 23 heavy (non-hydrogen) atoms. The first-order valence-corrected chi connectivity index (χ1v) is 7.48. The summed E-state index contributed by atoms with van der Waals surface area (Å²) in [5, 5.41) is 8.01. The van der Waals surface area contributed by atoms with Gasteiger partial charge in [-0.1, -0.05) is 29.8 Å². The molecule has 0 unspecified atom stereocenters. The number of benzene rings is 1. The molecule has 0 bridgehead atoms. The number of carbonyl (C=O) groups is 1. The Hall–Kier alpha value is -2.69. The quantitative estimate of drug-likeness (QED) is 0.678. The Bertz CT molecular complexity index is 858. The maximum Gasteiger partial charge on any atom is 0.338 e. The first kappa shape index (κ1) is 15.2. The minimum atomic E-state index is -0.541. The average Bonchev–Trinajstić information content (AvgIpc) is 2.93. The lowest BCUT2D eigenvalue weighted by molar-refractivity contribution is 0.00696. The van der Waals surface area contributed by atoms with Crippen LogP contribution in [0.1, 0.15) is 36.7 Å². The lowest BCUT2D eigenvalue weighted by Crippen LogP contribution is -2.24. The molecule has 2 aromatic heterocycles. The van der Waals surface area contributed by atoms with Gasteiger partial charge in [-0.15, -0.1) is 10.2 Å². The van der Waals surface area contributed by atoms with E-state index in [1.165, 1.54) is 5.56 Å². The monoisotopic (exact) mass is 309 g/mol. The van der Waals surface area contributed by atoms with Gasteiger partial charge in [-0.3, -0.25) is 4.40 Å². The zero-order chi connectivity index (χ0) is 16.6. The van der Waals surface area contributed by atoms with Crippen molar-refractivity contribution in [3.05, 3.63) is 53.9 Å². The van der Waals surface area contributed by atoms with E-state index in [0.717, 1.165) is 11.3 Å². The number of pyridine rings is 1. The fourth-order valence-corrected chi connectivity index (χ4v) is 2.33. The molecule has 2 heterocycles. The third-order valence-corrected chi connectivity index (χ3v) is 3.39. The highest BCUT2D eigenvalue weighted by Gasteiger charge is 2.20. The van der Waals surface area contributed by atoms with Gasteiger partial charge in [-0.25, -0.2) is 4.79 Å². The van der Waals surface area contributed by atoms with E-state index < -0.39 is 5.60 Å². The van der Waals surface area contributed by atoms with Crippen LogP contribution in [0.2, 0.25) is 0 Å². The molecular weight excluding hydrogens is 290 g/mol. The zero-order valence-corrected chi connectivity index (χ0v) is 13.7. The number of aryl methyl sites for hydroxylation is 1. The fourth-order valence-electron chi connectivity index (χ4n) is 2.33. The van der Waals surface area contributed by atoms with Crippen molar-refractivity contribution in [2.45, 2.75) is 33.3 Å². The smallest absolute Gasteiger partial charge is 0.338 e. The van der Waals surface area contributed by atoms with Crippen LogP contribution in [-0.4, -0.2) is 26.2 Å². The number of nitrogens with zero attached hydrogens (tertiary/aromatic N) is 3. The number of fused-ring (bicyclic) bond motifs is 1. The minimum Gasteiger partial charge on any atom is -0.456 e. The van der Waals surface area contributed by atoms with Gasteiger partial charge in [0.05, 0.1) is 11.3 Å². The lowest BCUT2D eigenvalue weighted by Gasteiger charge is -2.19. The summed E-state index contributed by atoms with van der Waals surface area (Å²) < 4.78 is 7.32. The van der Waals surface area contributed by atoms with Crippen LogP contribution in [0.4, 0.5) is 0 Å². The molecule has 3 rings (SSSR count). The number of rotatable bonds is 2. The molecule has 5 nitrogen and oxygen atoms in total. The molecule has 0 radical (unpaired) electrons. The number of ether oxygens (including phenoxy) is 1. The van der Waals surface area contributed by atoms with Gasteiger partial charge < -0.3 is 4.74 Å². The van der Waals surface area contributed by atoms with Crippen molar-refractivity contribution in [2.24, 2.45) is 0 Å². The van der Waals surface area contributed by atoms with Gasteiger partial charge in [0.2, 0.25) is 0 Å². The highest BCUT2D eigenvalue weighted by molar-refractivity contribution is 5.92. The van der Waals surface area contributed by atoms with Crippen LogP contribution in [0.3, 0.4) is 0 Å². The summed E-state index contributed by atoms with van der Waals surface area (Å²) in [4.78, 5) is 12.4. The number of hydrogen-bond acceptors (Lipinski definition) is 4. The first-order valence-electron chi connectivity index (χ1n) is 7.48. The molecule has 1 aromatic carbocycles. The standard InChI is InChI=1S/C18H19N3O2/c1-12-5-7-13(8-6-12)15-9-14(17(22)23-18(2,3)4)10-16-20-19-11-21(15)16/h5-11H,1-4H3. The normalized spacial score (nSPS) is 11.7. The van der Waals surface area contributed by atoms with E-state index in [4.69, 9.17) is 4.74 Å². The third-order valence-electron chi connectivity index (χ3n) is 3.39. The van der Waals surface area contributed by atoms with Crippen molar-refractivity contribution in [3.63, 3.8) is 0 Å². The van der Waals surface area contributed by atoms with Gasteiger partial charge in [-0.05, 0) is 45.4 Å². The van der Waals surface area contributed by atoms with E-state index in [-0.39, 0.29) is 5.97 Å². The lowest BCUT2D eigenvalue weighted by atomic mass is 10.1. The van der Waals surface area contributed by atoms with Crippen LogP contribution < -0.4 is 0 Å². The Labute approximate surface area is 134 Å². The molecule has 0 saturated carbocycles. The van der Waals surface area contributed by atoms with Crippen LogP contribution in [-0.2, 0) is 4.74 Å². The van der Waals surface area contributed by atoms with E-state index in [1.54, 1.807) is 12.4 Å². The maximum atomic E-state index is 12.4. The van der Waals surface area contributed by atoms with Gasteiger partial charge in [0, 0.05) is 0 Å². The number of aromatic nitrogens is 3. The van der Waals surface area contributed by atoms with Crippen LogP contribution in [0, 0.1) is 6.92 Å². The summed E-state index contributed by atoms with van der Waals surface area (Å²) in [6.07, 6.45) is 1.64. The Balaban J connectivity index is 2.12. The molecule has 0 fully saturated rings. The summed E-state index contributed by atoms with van der Waals surface area (Å²) in [7, 11) is 0. The van der Waals surface area contributed by atoms with Crippen molar-refractivity contribution in [1.82, 2.24) is 14.6 Å². The number of carbonyl (C=O) groups excluding carboxylic acids is 1. The van der Waals surface area contributed by atoms with Gasteiger partial charge in [0.15, 0.2) is 5.65 Å². The van der Waals surface area contributed by atoms with Gasteiger partial charge in [0.25, 0.3) is 0 Å². The van der Waals surface area contributed by atoms with Gasteiger partial charge >= 0.3 is 5.97 Å². The van der Waals surface area contributed by atoms with Crippen LogP contribution >= 0.6 is 0 Å². The molecule has 0 aliphatic rings. The number of esters is 1. The Morgan fingerprint density at radius 3 is 2.48 bits per heavy atom. The van der Waals surface area contributed by atoms with Crippen molar-refractivity contribution < 1.29 is 9.53 Å². The molecule has 0 atom stereocenters. The zero-order valence-electron chi connectivity index (χ0n) is 13.7. The number of hydrogen-bond donors (Lipinski definition) is 0. The van der Waals surface area contributed by atoms with E-state index in [9.17, 15) is 4.79 Å². The minimum absolute atomic E-state index is 0.364. The second-order valence-corrected chi connectivity index (χ2v) is 6.56. The van der Waals surface area contributed by atoms with Crippen molar-refractivity contribution >= 4 is 11.6 Å². The Kier molecular flexibility index (Phi) is 3.64. The van der Waals surface area contributed by atoms with E-state index in [2.05, 4.69) is 10.2 Å². The van der Waals surface area contributed by atoms with Crippen LogP contribution in [0.5, 0.6) is 0 Å². The summed E-state index contributed by atoms with van der Waals surface area (Å²) in [6, 6.07) is 11.6. The first-order chi connectivity index (χ1) is 10.8. The largest absolute Gasteiger partial charge is 0.456 e. The average molecular weight is 309 g/mol. The third kappa shape index (κ3) is 3.23. The second-order valence-electron chi connectivity index (χ2n) is 6.56. The van der Waals surface area contributed by atoms with Gasteiger partial charge in [0.1, 0.15) is 11.9 Å². The highest BCUT2D eigenvalue weighted by Crippen LogP contribution is 2.24. The fraction of sp³-hybridized carbons (Fsp3) is 0.278. The molecule has 0 N–H and O–H groups in total. The van der Waals surface area contributed by atoms with E-state index >= 15 is 0 Å². The van der Waals surface area contributed by atoms with Crippen molar-refractivity contribution in [1.29, 1.82) is 0 Å². The Morgan fingerprint density at radius 2 is 1.83 bits per heavy atom. The SMILES string of the molecule is Cc1ccc(-c2cc(C(=O)OC(C)(C)C)cc3nncn23)cc1. The molecule has 5 heteroatoms. The molecule has 0 spiro atoms. The van der Waals surface area contributed by atoms with Gasteiger partial charge in [-0.2, -0.15) is 0 Å². The van der Waals surface area contributed by atoms with Crippen molar-refractivity contribution in [3.8, 4) is 11.3 Å². The summed E-state index contributed by atoms with van der Waals surface area (Å²) >= 11 is 0. The molecule has 0 amide bonds. The van der Waals surface area contributed by atoms with E-state index in [0.29, 0.717) is 11.2 Å². The van der Waals surface area contributed by atoms with E-state index in [1.807, 2.05) is 62.4 Å². The Morgan fingerprint density at radius 1 is 1.13 bits per heavy atom. The predicted octanol–water partition coefficient (Wildman–Crippen LogP) is 3.66. The summed E-state index contributed by atoms with van der Waals surface area (Å²) in [6.45, 7) is 7.58. The topological polar surface area (TPSA) is 56.5 Å². The summed E-state index contributed by atoms with van der Waals surface area (Å²) in [5.41, 5.74) is 3.57. The molecule has 118 valence electrons. The molecule has 0 saturated heterocycles. The molecular formula is C18H19N3O2. The summed E-state index contributed by atoms with van der Waals surface area (Å²) in [5.74, 6) is -0.364. The van der Waals surface area contributed by atoms with Crippen LogP contribution in [0.25, 0.3) is 16.9 Å².